The summed E-state index contributed by atoms with van der Waals surface area (Å²) in [5.41, 5.74) is 0. The van der Waals surface area contributed by atoms with Gasteiger partial charge in [0.1, 0.15) is 12.1 Å². The van der Waals surface area contributed by atoms with Gasteiger partial charge < -0.3 is 9.47 Å². The van der Waals surface area contributed by atoms with E-state index in [1.807, 2.05) is 13.8 Å². The molecule has 0 radical (unpaired) electrons. The Balaban J connectivity index is 2.86. The molecular formula is C12H19F3N2O2. The molecule has 2 unspecified atom stereocenters. The van der Waals surface area contributed by atoms with Crippen LogP contribution in [0.5, 0.6) is 0 Å². The Bertz CT molecular complexity index is 364. The van der Waals surface area contributed by atoms with Gasteiger partial charge in [0.2, 0.25) is 11.8 Å². The van der Waals surface area contributed by atoms with Crippen molar-refractivity contribution in [2.24, 2.45) is 15.9 Å². The monoisotopic (exact) mass is 280 g/mol. The fraction of sp³-hybridized carbons (Fsp3) is 0.833. The molecule has 19 heavy (non-hydrogen) atoms. The summed E-state index contributed by atoms with van der Waals surface area (Å²) in [5, 5.41) is 0. The first-order valence-corrected chi connectivity index (χ1v) is 6.08. The van der Waals surface area contributed by atoms with E-state index < -0.39 is 18.6 Å². The van der Waals surface area contributed by atoms with Crippen molar-refractivity contribution in [3.05, 3.63) is 0 Å². The summed E-state index contributed by atoms with van der Waals surface area (Å²) in [7, 11) is 2.84. The van der Waals surface area contributed by atoms with Crippen LogP contribution < -0.4 is 0 Å². The average molecular weight is 280 g/mol. The van der Waals surface area contributed by atoms with Crippen molar-refractivity contribution in [1.82, 2.24) is 0 Å². The summed E-state index contributed by atoms with van der Waals surface area (Å²) < 4.78 is 47.0. The maximum absolute atomic E-state index is 12.3. The third-order valence-corrected chi connectivity index (χ3v) is 2.84. The van der Waals surface area contributed by atoms with Crippen molar-refractivity contribution in [1.29, 1.82) is 0 Å². The highest BCUT2D eigenvalue weighted by Crippen LogP contribution is 2.26. The smallest absolute Gasteiger partial charge is 0.389 e. The molecule has 1 aliphatic rings. The molecule has 0 amide bonds. The minimum absolute atomic E-state index is 0.132. The lowest BCUT2D eigenvalue weighted by atomic mass is 10.0. The highest BCUT2D eigenvalue weighted by molar-refractivity contribution is 5.94. The summed E-state index contributed by atoms with van der Waals surface area (Å²) in [6, 6.07) is -1.03. The number of halogens is 3. The van der Waals surface area contributed by atoms with Crippen LogP contribution in [0, 0.1) is 5.92 Å². The first-order chi connectivity index (χ1) is 8.78. The van der Waals surface area contributed by atoms with Crippen molar-refractivity contribution in [3.63, 3.8) is 0 Å². The van der Waals surface area contributed by atoms with Crippen LogP contribution in [0.4, 0.5) is 13.2 Å². The molecule has 0 fully saturated rings. The molecule has 0 aromatic rings. The van der Waals surface area contributed by atoms with E-state index in [2.05, 4.69) is 9.98 Å². The number of hydrogen-bond donors (Lipinski definition) is 0. The Morgan fingerprint density at radius 3 is 2.11 bits per heavy atom. The van der Waals surface area contributed by atoms with Crippen LogP contribution >= 0.6 is 0 Å². The first-order valence-electron chi connectivity index (χ1n) is 6.08. The van der Waals surface area contributed by atoms with Gasteiger partial charge in [-0.2, -0.15) is 13.2 Å². The lowest BCUT2D eigenvalue weighted by Crippen LogP contribution is -2.37. The Morgan fingerprint density at radius 1 is 1.11 bits per heavy atom. The largest absolute Gasteiger partial charge is 0.483 e. The van der Waals surface area contributed by atoms with Crippen LogP contribution in [-0.4, -0.2) is 44.3 Å². The highest BCUT2D eigenvalue weighted by atomic mass is 19.4. The second kappa shape index (κ2) is 6.25. The summed E-state index contributed by atoms with van der Waals surface area (Å²) in [6.07, 6.45) is -5.32. The summed E-state index contributed by atoms with van der Waals surface area (Å²) >= 11 is 0. The minimum Gasteiger partial charge on any atom is -0.483 e. The van der Waals surface area contributed by atoms with Gasteiger partial charge in [-0.25, -0.2) is 9.98 Å². The van der Waals surface area contributed by atoms with Gasteiger partial charge in [-0.05, 0) is 12.3 Å². The van der Waals surface area contributed by atoms with Crippen molar-refractivity contribution in [3.8, 4) is 0 Å². The van der Waals surface area contributed by atoms with Crippen LogP contribution in [0.1, 0.15) is 26.7 Å². The lowest BCUT2D eigenvalue weighted by molar-refractivity contribution is -0.135. The molecule has 4 nitrogen and oxygen atoms in total. The number of nitrogens with zero attached hydrogens (tertiary/aromatic N) is 2. The van der Waals surface area contributed by atoms with Crippen LogP contribution in [0.3, 0.4) is 0 Å². The Labute approximate surface area is 110 Å². The average Bonchev–Trinajstić information content (AvgIpc) is 2.33. The van der Waals surface area contributed by atoms with Crippen molar-refractivity contribution in [2.75, 3.05) is 14.2 Å². The van der Waals surface area contributed by atoms with Gasteiger partial charge in [0.15, 0.2) is 0 Å². The molecule has 2 atom stereocenters. The van der Waals surface area contributed by atoms with E-state index in [-0.39, 0.29) is 24.3 Å². The molecule has 0 N–H and O–H groups in total. The van der Waals surface area contributed by atoms with Gasteiger partial charge in [-0.1, -0.05) is 13.8 Å². The second-order valence-electron chi connectivity index (χ2n) is 4.70. The van der Waals surface area contributed by atoms with Gasteiger partial charge >= 0.3 is 6.18 Å². The molecule has 0 bridgehead atoms. The number of ether oxygens (including phenoxy) is 2. The van der Waals surface area contributed by atoms with E-state index in [4.69, 9.17) is 9.47 Å². The molecule has 0 saturated carbocycles. The van der Waals surface area contributed by atoms with E-state index in [0.717, 1.165) is 0 Å². The fourth-order valence-electron chi connectivity index (χ4n) is 1.85. The van der Waals surface area contributed by atoms with E-state index >= 15 is 0 Å². The maximum atomic E-state index is 12.3. The van der Waals surface area contributed by atoms with Gasteiger partial charge in [0, 0.05) is 6.42 Å². The number of hydrogen-bond acceptors (Lipinski definition) is 4. The molecule has 0 saturated heterocycles. The number of aliphatic imine (C=N–C) groups is 2. The first kappa shape index (κ1) is 15.8. The molecule has 0 aromatic heterocycles. The molecular weight excluding hydrogens is 261 g/mol. The van der Waals surface area contributed by atoms with Crippen molar-refractivity contribution in [2.45, 2.75) is 44.9 Å². The lowest BCUT2D eigenvalue weighted by Gasteiger charge is -2.27. The van der Waals surface area contributed by atoms with Crippen LogP contribution in [-0.2, 0) is 9.47 Å². The van der Waals surface area contributed by atoms with Crippen LogP contribution in [0.25, 0.3) is 0 Å². The topological polar surface area (TPSA) is 43.2 Å². The Kier molecular flexibility index (Phi) is 5.20. The number of methoxy groups -OCH3 is 2. The van der Waals surface area contributed by atoms with Crippen molar-refractivity contribution < 1.29 is 22.6 Å². The summed E-state index contributed by atoms with van der Waals surface area (Å²) in [5.74, 6) is 0.735. The molecule has 1 heterocycles. The highest BCUT2D eigenvalue weighted by Gasteiger charge is 2.34. The van der Waals surface area contributed by atoms with Gasteiger partial charge in [0.05, 0.1) is 14.2 Å². The molecule has 0 spiro atoms. The molecule has 110 valence electrons. The predicted molar refractivity (Wildman–Crippen MR) is 66.6 cm³/mol. The summed E-state index contributed by atoms with van der Waals surface area (Å²) in [4.78, 5) is 8.50. The van der Waals surface area contributed by atoms with Crippen LogP contribution in [0.15, 0.2) is 9.98 Å². The Morgan fingerprint density at radius 2 is 1.68 bits per heavy atom. The minimum atomic E-state index is -4.21. The number of rotatable bonds is 3. The standard InChI is InChI=1S/C12H19F3N2O2/c1-7(2)9-11(19-4)16-8(10(17-9)18-3)5-6-12(13,14)15/h7-9H,5-6H2,1-4H3. The van der Waals surface area contributed by atoms with Gasteiger partial charge in [-0.3, -0.25) is 0 Å². The van der Waals surface area contributed by atoms with Gasteiger partial charge in [0.25, 0.3) is 0 Å². The summed E-state index contributed by atoms with van der Waals surface area (Å²) in [6.45, 7) is 3.87. The third kappa shape index (κ3) is 4.40. The molecule has 1 rings (SSSR count). The van der Waals surface area contributed by atoms with E-state index in [9.17, 15) is 13.2 Å². The van der Waals surface area contributed by atoms with E-state index in [1.165, 1.54) is 14.2 Å². The zero-order chi connectivity index (χ0) is 14.6. The normalized spacial score (nSPS) is 24.0. The predicted octanol–water partition coefficient (Wildman–Crippen LogP) is 2.83. The second-order valence-corrected chi connectivity index (χ2v) is 4.70. The molecule has 7 heteroatoms. The quantitative estimate of drug-likeness (QED) is 0.797. The Hall–Kier alpha value is -1.27. The zero-order valence-corrected chi connectivity index (χ0v) is 11.5. The zero-order valence-electron chi connectivity index (χ0n) is 11.5. The SMILES string of the molecule is COC1=NC(C(C)C)C(OC)=NC1CCC(F)(F)F. The number of alkyl halides is 3. The van der Waals surface area contributed by atoms with Crippen molar-refractivity contribution >= 4 is 11.8 Å². The fourth-order valence-corrected chi connectivity index (χ4v) is 1.85. The third-order valence-electron chi connectivity index (χ3n) is 2.84. The van der Waals surface area contributed by atoms with Gasteiger partial charge in [-0.15, -0.1) is 0 Å². The maximum Gasteiger partial charge on any atom is 0.389 e. The van der Waals surface area contributed by atoms with E-state index in [1.54, 1.807) is 0 Å². The molecule has 0 aliphatic carbocycles. The molecule has 0 aromatic carbocycles. The van der Waals surface area contributed by atoms with E-state index in [0.29, 0.717) is 5.90 Å². The van der Waals surface area contributed by atoms with Crippen LogP contribution in [0.2, 0.25) is 0 Å². The molecule has 1 aliphatic heterocycles.